The summed E-state index contributed by atoms with van der Waals surface area (Å²) in [5.41, 5.74) is 8.04. The van der Waals surface area contributed by atoms with E-state index in [0.717, 1.165) is 68.2 Å². The molecule has 0 atom stereocenters. The largest absolute Gasteiger partial charge is 0.487 e. The fraction of sp³-hybridized carbons (Fsp3) is 0.625. The zero-order valence-electron chi connectivity index (χ0n) is 12.1. The van der Waals surface area contributed by atoms with E-state index < -0.39 is 0 Å². The highest BCUT2D eigenvalue weighted by molar-refractivity contribution is 6.31. The summed E-state index contributed by atoms with van der Waals surface area (Å²) in [6, 6.07) is 4.17. The average molecular weight is 295 g/mol. The summed E-state index contributed by atoms with van der Waals surface area (Å²) in [5, 5.41) is 0.848. The molecule has 1 aromatic rings. The van der Waals surface area contributed by atoms with Crippen LogP contribution >= 0.6 is 11.6 Å². The number of piperidine rings is 1. The number of benzene rings is 1. The molecule has 2 N–H and O–H groups in total. The van der Waals surface area contributed by atoms with E-state index in [2.05, 4.69) is 17.0 Å². The zero-order chi connectivity index (χ0) is 14.2. The highest BCUT2D eigenvalue weighted by Crippen LogP contribution is 2.41. The second kappa shape index (κ2) is 5.55. The summed E-state index contributed by atoms with van der Waals surface area (Å²) in [6.07, 6.45) is 4.39. The van der Waals surface area contributed by atoms with Gasteiger partial charge in [0.2, 0.25) is 0 Å². The molecule has 1 spiro atoms. The zero-order valence-corrected chi connectivity index (χ0v) is 12.9. The first-order valence-electron chi connectivity index (χ1n) is 7.52. The van der Waals surface area contributed by atoms with Crippen molar-refractivity contribution >= 4 is 11.6 Å². The first-order chi connectivity index (χ1) is 9.62. The van der Waals surface area contributed by atoms with Crippen molar-refractivity contribution in [3.63, 3.8) is 0 Å². The predicted molar refractivity (Wildman–Crippen MR) is 82.6 cm³/mol. The maximum absolute atomic E-state index is 6.41. The fourth-order valence-electron chi connectivity index (χ4n) is 3.35. The van der Waals surface area contributed by atoms with Gasteiger partial charge in [0, 0.05) is 31.2 Å². The van der Waals surface area contributed by atoms with Crippen molar-refractivity contribution in [1.29, 1.82) is 0 Å². The predicted octanol–water partition coefficient (Wildman–Crippen LogP) is 2.77. The lowest BCUT2D eigenvalue weighted by molar-refractivity contribution is -0.0137. The second-order valence-corrected chi connectivity index (χ2v) is 6.53. The van der Waals surface area contributed by atoms with Crippen LogP contribution in [0.4, 0.5) is 0 Å². The number of nitrogens with zero attached hydrogens (tertiary/aromatic N) is 1. The Morgan fingerprint density at radius 1 is 1.30 bits per heavy atom. The number of nitrogens with two attached hydrogens (primary N) is 1. The Kier molecular flexibility index (Phi) is 3.93. The molecule has 0 amide bonds. The minimum atomic E-state index is 0.0400. The topological polar surface area (TPSA) is 38.5 Å². The molecule has 110 valence electrons. The number of hydrogen-bond acceptors (Lipinski definition) is 3. The van der Waals surface area contributed by atoms with Gasteiger partial charge in [-0.2, -0.15) is 0 Å². The maximum Gasteiger partial charge on any atom is 0.123 e. The van der Waals surface area contributed by atoms with Crippen molar-refractivity contribution in [2.24, 2.45) is 5.73 Å². The molecular weight excluding hydrogens is 272 g/mol. The third-order valence-corrected chi connectivity index (χ3v) is 5.14. The molecule has 1 aromatic carbocycles. The molecule has 0 bridgehead atoms. The normalized spacial score (nSPS) is 21.6. The highest BCUT2D eigenvalue weighted by Gasteiger charge is 2.39. The Morgan fingerprint density at radius 2 is 2.05 bits per heavy atom. The van der Waals surface area contributed by atoms with E-state index in [-0.39, 0.29) is 5.60 Å². The van der Waals surface area contributed by atoms with Gasteiger partial charge in [0.1, 0.15) is 11.4 Å². The third kappa shape index (κ3) is 2.67. The van der Waals surface area contributed by atoms with E-state index in [1.807, 2.05) is 6.92 Å². The van der Waals surface area contributed by atoms with E-state index in [0.29, 0.717) is 0 Å². The van der Waals surface area contributed by atoms with Crippen molar-refractivity contribution in [2.45, 2.75) is 38.2 Å². The first-order valence-corrected chi connectivity index (χ1v) is 7.90. The van der Waals surface area contributed by atoms with Crippen LogP contribution in [0.25, 0.3) is 0 Å². The highest BCUT2D eigenvalue weighted by atomic mass is 35.5. The molecule has 20 heavy (non-hydrogen) atoms. The van der Waals surface area contributed by atoms with Crippen LogP contribution < -0.4 is 10.5 Å². The minimum absolute atomic E-state index is 0.0400. The molecule has 0 unspecified atom stereocenters. The van der Waals surface area contributed by atoms with Gasteiger partial charge in [-0.25, -0.2) is 0 Å². The Hall–Kier alpha value is -0.770. The van der Waals surface area contributed by atoms with Gasteiger partial charge in [0.25, 0.3) is 0 Å². The van der Waals surface area contributed by atoms with Crippen molar-refractivity contribution in [3.8, 4) is 5.75 Å². The molecule has 0 aromatic heterocycles. The lowest BCUT2D eigenvalue weighted by atomic mass is 9.83. The average Bonchev–Trinajstić information content (AvgIpc) is 2.44. The van der Waals surface area contributed by atoms with E-state index in [4.69, 9.17) is 22.1 Å². The number of likely N-dealkylation sites (tertiary alicyclic amines) is 1. The molecule has 3 nitrogen and oxygen atoms in total. The van der Waals surface area contributed by atoms with Crippen LogP contribution in [0.1, 0.15) is 30.4 Å². The van der Waals surface area contributed by atoms with Gasteiger partial charge in [-0.05, 0) is 55.9 Å². The van der Waals surface area contributed by atoms with Crippen molar-refractivity contribution < 1.29 is 4.74 Å². The molecule has 0 radical (unpaired) electrons. The van der Waals surface area contributed by atoms with Crippen LogP contribution in [0.15, 0.2) is 12.1 Å². The lowest BCUT2D eigenvalue weighted by Crippen LogP contribution is -2.50. The number of hydrogen-bond donors (Lipinski definition) is 1. The standard InChI is InChI=1S/C16H23ClN2O/c1-12-10-15-13(11-14(12)17)2-3-16(20-15)4-7-19(8-5-16)9-6-18/h10-11H,2-9,18H2,1H3. The van der Waals surface area contributed by atoms with Crippen molar-refractivity contribution in [3.05, 3.63) is 28.3 Å². The third-order valence-electron chi connectivity index (χ3n) is 4.73. The summed E-state index contributed by atoms with van der Waals surface area (Å²) in [4.78, 5) is 2.44. The fourth-order valence-corrected chi connectivity index (χ4v) is 3.54. The second-order valence-electron chi connectivity index (χ2n) is 6.12. The first kappa shape index (κ1) is 14.2. The molecule has 2 aliphatic rings. The van der Waals surface area contributed by atoms with Crippen molar-refractivity contribution in [1.82, 2.24) is 4.90 Å². The summed E-state index contributed by atoms with van der Waals surface area (Å²) in [5.74, 6) is 1.05. The Morgan fingerprint density at radius 3 is 2.75 bits per heavy atom. The molecular formula is C16H23ClN2O. The van der Waals surface area contributed by atoms with Gasteiger partial charge in [0.05, 0.1) is 0 Å². The molecule has 2 heterocycles. The van der Waals surface area contributed by atoms with Gasteiger partial charge in [-0.3, -0.25) is 0 Å². The van der Waals surface area contributed by atoms with E-state index >= 15 is 0 Å². The Bertz CT molecular complexity index is 495. The molecule has 4 heteroatoms. The number of rotatable bonds is 2. The molecule has 1 fully saturated rings. The quantitative estimate of drug-likeness (QED) is 0.911. The van der Waals surface area contributed by atoms with Crippen LogP contribution in [0, 0.1) is 6.92 Å². The lowest BCUT2D eigenvalue weighted by Gasteiger charge is -2.44. The number of fused-ring (bicyclic) bond motifs is 1. The molecule has 3 rings (SSSR count). The van der Waals surface area contributed by atoms with Gasteiger partial charge in [-0.1, -0.05) is 11.6 Å². The summed E-state index contributed by atoms with van der Waals surface area (Å²) in [6.45, 7) is 5.98. The van der Waals surface area contributed by atoms with Crippen LogP contribution in [-0.4, -0.2) is 36.7 Å². The Balaban J connectivity index is 1.74. The van der Waals surface area contributed by atoms with Gasteiger partial charge >= 0.3 is 0 Å². The van der Waals surface area contributed by atoms with Crippen LogP contribution in [-0.2, 0) is 6.42 Å². The minimum Gasteiger partial charge on any atom is -0.487 e. The molecule has 1 saturated heterocycles. The maximum atomic E-state index is 6.41. The van der Waals surface area contributed by atoms with Crippen molar-refractivity contribution in [2.75, 3.05) is 26.2 Å². The summed E-state index contributed by atoms with van der Waals surface area (Å²) < 4.78 is 6.41. The molecule has 2 aliphatic heterocycles. The van der Waals surface area contributed by atoms with Crippen LogP contribution in [0.5, 0.6) is 5.75 Å². The number of aryl methyl sites for hydroxylation is 2. The molecule has 0 saturated carbocycles. The van der Waals surface area contributed by atoms with Gasteiger partial charge in [-0.15, -0.1) is 0 Å². The Labute approximate surface area is 126 Å². The smallest absolute Gasteiger partial charge is 0.123 e. The summed E-state index contributed by atoms with van der Waals surface area (Å²) in [7, 11) is 0. The molecule has 0 aliphatic carbocycles. The van der Waals surface area contributed by atoms with E-state index in [1.54, 1.807) is 0 Å². The van der Waals surface area contributed by atoms with Gasteiger partial charge in [0.15, 0.2) is 0 Å². The monoisotopic (exact) mass is 294 g/mol. The SMILES string of the molecule is Cc1cc2c(cc1Cl)CCC1(CCN(CCN)CC1)O2. The number of halogens is 1. The summed E-state index contributed by atoms with van der Waals surface area (Å²) >= 11 is 6.20. The van der Waals surface area contributed by atoms with Crippen LogP contribution in [0.3, 0.4) is 0 Å². The van der Waals surface area contributed by atoms with Gasteiger partial charge < -0.3 is 15.4 Å². The van der Waals surface area contributed by atoms with E-state index in [1.165, 1.54) is 5.56 Å². The van der Waals surface area contributed by atoms with E-state index in [9.17, 15) is 0 Å². The number of ether oxygens (including phenoxy) is 1. The van der Waals surface area contributed by atoms with Crippen LogP contribution in [0.2, 0.25) is 5.02 Å².